The summed E-state index contributed by atoms with van der Waals surface area (Å²) in [5.74, 6) is 0. The van der Waals surface area contributed by atoms with Gasteiger partial charge in [0.25, 0.3) is 0 Å². The van der Waals surface area contributed by atoms with Crippen LogP contribution in [-0.2, 0) is 0 Å². The Balaban J connectivity index is 2.75. The maximum atomic E-state index is 12.2. The monoisotopic (exact) mass is 246 g/mol. The number of alkyl halides is 3. The third-order valence-electron chi connectivity index (χ3n) is 2.62. The standard InChI is InChI=1S/C12H17F3N2/c1-3-17-11(4-6-12(13,14)15)10-8-16-7-5-9(10)2/h5,7-8,11,17H,3-4,6H2,1-2H3. The number of aryl methyl sites for hydroxylation is 1. The molecule has 1 unspecified atom stereocenters. The van der Waals surface area contributed by atoms with Crippen LogP contribution in [0.15, 0.2) is 18.5 Å². The summed E-state index contributed by atoms with van der Waals surface area (Å²) in [6, 6.07) is 1.53. The highest BCUT2D eigenvalue weighted by Gasteiger charge is 2.28. The summed E-state index contributed by atoms with van der Waals surface area (Å²) >= 11 is 0. The average Bonchev–Trinajstić information content (AvgIpc) is 2.24. The van der Waals surface area contributed by atoms with Crippen molar-refractivity contribution in [3.05, 3.63) is 29.6 Å². The van der Waals surface area contributed by atoms with E-state index in [9.17, 15) is 13.2 Å². The van der Waals surface area contributed by atoms with Gasteiger partial charge in [0.1, 0.15) is 0 Å². The molecule has 0 aliphatic heterocycles. The summed E-state index contributed by atoms with van der Waals surface area (Å²) in [5.41, 5.74) is 1.81. The molecule has 0 amide bonds. The Morgan fingerprint density at radius 1 is 1.41 bits per heavy atom. The van der Waals surface area contributed by atoms with Crippen LogP contribution in [0.2, 0.25) is 0 Å². The minimum atomic E-state index is -4.11. The summed E-state index contributed by atoms with van der Waals surface area (Å²) in [6.45, 7) is 4.40. The van der Waals surface area contributed by atoms with Gasteiger partial charge in [-0.3, -0.25) is 4.98 Å². The van der Waals surface area contributed by atoms with Gasteiger partial charge in [0, 0.05) is 24.9 Å². The fourth-order valence-electron chi connectivity index (χ4n) is 1.76. The predicted octanol–water partition coefficient (Wildman–Crippen LogP) is 3.38. The molecule has 0 aliphatic carbocycles. The molecule has 0 bridgehead atoms. The second-order valence-corrected chi connectivity index (χ2v) is 4.00. The van der Waals surface area contributed by atoms with E-state index in [1.165, 1.54) is 0 Å². The van der Waals surface area contributed by atoms with E-state index < -0.39 is 12.6 Å². The largest absolute Gasteiger partial charge is 0.389 e. The van der Waals surface area contributed by atoms with Crippen LogP contribution >= 0.6 is 0 Å². The molecule has 1 N–H and O–H groups in total. The molecule has 0 aromatic carbocycles. The zero-order chi connectivity index (χ0) is 12.9. The Kier molecular flexibility index (Phi) is 4.93. The van der Waals surface area contributed by atoms with Gasteiger partial charge in [0.2, 0.25) is 0 Å². The minimum absolute atomic E-state index is 0.0455. The smallest absolute Gasteiger partial charge is 0.310 e. The van der Waals surface area contributed by atoms with Gasteiger partial charge in [-0.1, -0.05) is 6.92 Å². The van der Waals surface area contributed by atoms with Crippen molar-refractivity contribution >= 4 is 0 Å². The van der Waals surface area contributed by atoms with Crippen LogP contribution < -0.4 is 5.32 Å². The van der Waals surface area contributed by atoms with E-state index in [-0.39, 0.29) is 12.5 Å². The maximum Gasteiger partial charge on any atom is 0.389 e. The lowest BCUT2D eigenvalue weighted by Gasteiger charge is -2.20. The molecule has 1 atom stereocenters. The highest BCUT2D eigenvalue weighted by Crippen LogP contribution is 2.28. The number of hydrogen-bond acceptors (Lipinski definition) is 2. The van der Waals surface area contributed by atoms with Crippen LogP contribution in [-0.4, -0.2) is 17.7 Å². The summed E-state index contributed by atoms with van der Waals surface area (Å²) < 4.78 is 36.7. The topological polar surface area (TPSA) is 24.9 Å². The second kappa shape index (κ2) is 6.00. The normalized spacial score (nSPS) is 13.7. The number of hydrogen-bond donors (Lipinski definition) is 1. The van der Waals surface area contributed by atoms with E-state index in [4.69, 9.17) is 0 Å². The van der Waals surface area contributed by atoms with Crippen LogP contribution in [0.4, 0.5) is 13.2 Å². The average molecular weight is 246 g/mol. The molecule has 96 valence electrons. The highest BCUT2D eigenvalue weighted by molar-refractivity contribution is 5.25. The number of rotatable bonds is 5. The molecule has 5 heteroatoms. The molecule has 1 rings (SSSR count). The van der Waals surface area contributed by atoms with E-state index in [1.54, 1.807) is 12.4 Å². The first kappa shape index (κ1) is 14.0. The Labute approximate surface area is 99.3 Å². The van der Waals surface area contributed by atoms with E-state index in [2.05, 4.69) is 10.3 Å². The number of nitrogens with one attached hydrogen (secondary N) is 1. The summed E-state index contributed by atoms with van der Waals surface area (Å²) in [7, 11) is 0. The molecule has 0 aliphatic rings. The van der Waals surface area contributed by atoms with Crippen molar-refractivity contribution in [3.63, 3.8) is 0 Å². The number of pyridine rings is 1. The molecule has 1 aromatic heterocycles. The lowest BCUT2D eigenvalue weighted by Crippen LogP contribution is -2.24. The molecule has 0 spiro atoms. The van der Waals surface area contributed by atoms with Crippen LogP contribution in [0, 0.1) is 6.92 Å². The quantitative estimate of drug-likeness (QED) is 0.861. The van der Waals surface area contributed by atoms with E-state index in [1.807, 2.05) is 19.9 Å². The molecule has 0 fully saturated rings. The molecule has 1 heterocycles. The Hall–Kier alpha value is -1.10. The molecule has 0 saturated heterocycles. The van der Waals surface area contributed by atoms with Gasteiger partial charge in [-0.15, -0.1) is 0 Å². The molecule has 17 heavy (non-hydrogen) atoms. The fourth-order valence-corrected chi connectivity index (χ4v) is 1.76. The van der Waals surface area contributed by atoms with Gasteiger partial charge in [0.15, 0.2) is 0 Å². The lowest BCUT2D eigenvalue weighted by molar-refractivity contribution is -0.136. The zero-order valence-corrected chi connectivity index (χ0v) is 10.0. The second-order valence-electron chi connectivity index (χ2n) is 4.00. The van der Waals surface area contributed by atoms with Crippen molar-refractivity contribution in [2.75, 3.05) is 6.54 Å². The third kappa shape index (κ3) is 4.73. The highest BCUT2D eigenvalue weighted by atomic mass is 19.4. The summed E-state index contributed by atoms with van der Waals surface area (Å²) in [4.78, 5) is 3.97. The predicted molar refractivity (Wildman–Crippen MR) is 60.7 cm³/mol. The van der Waals surface area contributed by atoms with Crippen LogP contribution in [0.5, 0.6) is 0 Å². The van der Waals surface area contributed by atoms with Crippen LogP contribution in [0.3, 0.4) is 0 Å². The van der Waals surface area contributed by atoms with E-state index in [0.29, 0.717) is 6.54 Å². The molecular formula is C12H17F3N2. The fraction of sp³-hybridized carbons (Fsp3) is 0.583. The summed E-state index contributed by atoms with van der Waals surface area (Å²) in [5, 5.41) is 3.07. The zero-order valence-electron chi connectivity index (χ0n) is 10.0. The van der Waals surface area contributed by atoms with Crippen molar-refractivity contribution in [1.82, 2.24) is 10.3 Å². The molecule has 2 nitrogen and oxygen atoms in total. The molecule has 1 aromatic rings. The molecule has 0 saturated carbocycles. The Morgan fingerprint density at radius 2 is 2.12 bits per heavy atom. The first-order chi connectivity index (χ1) is 7.94. The molecule has 0 radical (unpaired) electrons. The Morgan fingerprint density at radius 3 is 2.65 bits per heavy atom. The van der Waals surface area contributed by atoms with Crippen LogP contribution in [0.1, 0.15) is 36.9 Å². The number of nitrogens with zero attached hydrogens (tertiary/aromatic N) is 1. The maximum absolute atomic E-state index is 12.2. The van der Waals surface area contributed by atoms with E-state index in [0.717, 1.165) is 11.1 Å². The van der Waals surface area contributed by atoms with Crippen molar-refractivity contribution in [1.29, 1.82) is 0 Å². The SMILES string of the molecule is CCNC(CCC(F)(F)F)c1cnccc1C. The van der Waals surface area contributed by atoms with Crippen molar-refractivity contribution in [3.8, 4) is 0 Å². The van der Waals surface area contributed by atoms with Gasteiger partial charge in [-0.25, -0.2) is 0 Å². The third-order valence-corrected chi connectivity index (χ3v) is 2.62. The van der Waals surface area contributed by atoms with Crippen molar-refractivity contribution in [2.24, 2.45) is 0 Å². The van der Waals surface area contributed by atoms with Gasteiger partial charge < -0.3 is 5.32 Å². The molecular weight excluding hydrogens is 229 g/mol. The first-order valence-electron chi connectivity index (χ1n) is 5.64. The lowest BCUT2D eigenvalue weighted by atomic mass is 9.99. The summed E-state index contributed by atoms with van der Waals surface area (Å²) in [6.07, 6.45) is -1.56. The van der Waals surface area contributed by atoms with Gasteiger partial charge in [0.05, 0.1) is 0 Å². The van der Waals surface area contributed by atoms with Crippen LogP contribution in [0.25, 0.3) is 0 Å². The first-order valence-corrected chi connectivity index (χ1v) is 5.64. The minimum Gasteiger partial charge on any atom is -0.310 e. The van der Waals surface area contributed by atoms with E-state index >= 15 is 0 Å². The van der Waals surface area contributed by atoms with Crippen molar-refractivity contribution in [2.45, 2.75) is 38.9 Å². The number of aromatic nitrogens is 1. The Bertz CT molecular complexity index is 350. The van der Waals surface area contributed by atoms with Crippen molar-refractivity contribution < 1.29 is 13.2 Å². The van der Waals surface area contributed by atoms with Gasteiger partial charge >= 0.3 is 6.18 Å². The van der Waals surface area contributed by atoms with Gasteiger partial charge in [-0.05, 0) is 37.1 Å². The van der Waals surface area contributed by atoms with Gasteiger partial charge in [-0.2, -0.15) is 13.2 Å². The number of halogens is 3.